The SMILES string of the molecule is O=C(CN(C(=O)c1ccc(Cl)c(Cl)c1)N1C(=O)[C@H]2[C@@H]3C=C[C@H]([C@H]4C[C@H]34)[C@@H]2C1=O)c1ccc(Br)cc1. The van der Waals surface area contributed by atoms with Crippen molar-refractivity contribution in [3.05, 3.63) is 80.3 Å². The van der Waals surface area contributed by atoms with E-state index in [1.165, 1.54) is 18.2 Å². The Morgan fingerprint density at radius 3 is 2.03 bits per heavy atom. The average molecular weight is 574 g/mol. The Bertz CT molecular complexity index is 1290. The molecule has 1 heterocycles. The van der Waals surface area contributed by atoms with Gasteiger partial charge in [-0.05, 0) is 60.4 Å². The molecule has 35 heavy (non-hydrogen) atoms. The molecule has 1 saturated heterocycles. The molecule has 0 aromatic heterocycles. The van der Waals surface area contributed by atoms with Gasteiger partial charge in [0.05, 0.1) is 21.9 Å². The predicted octanol–water partition coefficient (Wildman–Crippen LogP) is 5.05. The number of carbonyl (C=O) groups is 4. The van der Waals surface area contributed by atoms with E-state index in [0.717, 1.165) is 20.9 Å². The van der Waals surface area contributed by atoms with Gasteiger partial charge in [0.15, 0.2) is 5.78 Å². The summed E-state index contributed by atoms with van der Waals surface area (Å²) in [5, 5.41) is 2.33. The van der Waals surface area contributed by atoms with Gasteiger partial charge in [-0.3, -0.25) is 19.2 Å². The molecule has 2 bridgehead atoms. The van der Waals surface area contributed by atoms with Crippen molar-refractivity contribution in [3.63, 3.8) is 0 Å². The Kier molecular flexibility index (Phi) is 5.43. The van der Waals surface area contributed by atoms with Crippen LogP contribution >= 0.6 is 39.1 Å². The first-order valence-corrected chi connectivity index (χ1v) is 12.9. The molecule has 5 aliphatic rings. The third-order valence-electron chi connectivity index (χ3n) is 7.74. The summed E-state index contributed by atoms with van der Waals surface area (Å²) in [5.74, 6) is -2.03. The van der Waals surface area contributed by atoms with Crippen LogP contribution in [0.15, 0.2) is 59.1 Å². The zero-order valence-corrected chi connectivity index (χ0v) is 21.3. The van der Waals surface area contributed by atoms with Gasteiger partial charge in [-0.1, -0.05) is 63.4 Å². The Hall–Kier alpha value is -2.48. The molecule has 9 heteroatoms. The molecule has 4 aliphatic carbocycles. The first-order valence-electron chi connectivity index (χ1n) is 11.4. The van der Waals surface area contributed by atoms with E-state index >= 15 is 0 Å². The van der Waals surface area contributed by atoms with E-state index in [4.69, 9.17) is 23.2 Å². The third-order valence-corrected chi connectivity index (χ3v) is 9.01. The molecular weight excluding hydrogens is 555 g/mol. The quantitative estimate of drug-likeness (QED) is 0.285. The van der Waals surface area contributed by atoms with Crippen molar-refractivity contribution < 1.29 is 19.2 Å². The Morgan fingerprint density at radius 2 is 1.46 bits per heavy atom. The van der Waals surface area contributed by atoms with Crippen molar-refractivity contribution in [2.24, 2.45) is 35.5 Å². The summed E-state index contributed by atoms with van der Waals surface area (Å²) in [7, 11) is 0. The highest BCUT2D eigenvalue weighted by molar-refractivity contribution is 9.10. The number of amides is 3. The number of benzene rings is 2. The minimum Gasteiger partial charge on any atom is -0.292 e. The normalized spacial score (nSPS) is 29.7. The van der Waals surface area contributed by atoms with Crippen molar-refractivity contribution in [3.8, 4) is 0 Å². The lowest BCUT2D eigenvalue weighted by molar-refractivity contribution is -0.154. The number of carbonyl (C=O) groups excluding carboxylic acids is 4. The number of Topliss-reactive ketones (excluding diaryl/α,β-unsaturated/α-hetero) is 1. The monoisotopic (exact) mass is 572 g/mol. The van der Waals surface area contributed by atoms with E-state index in [1.54, 1.807) is 24.3 Å². The first kappa shape index (κ1) is 23.0. The van der Waals surface area contributed by atoms with Gasteiger partial charge in [0.1, 0.15) is 6.54 Å². The Balaban J connectivity index is 1.37. The predicted molar refractivity (Wildman–Crippen MR) is 133 cm³/mol. The van der Waals surface area contributed by atoms with Gasteiger partial charge in [-0.2, -0.15) is 5.01 Å². The van der Waals surface area contributed by atoms with Gasteiger partial charge in [0, 0.05) is 15.6 Å². The van der Waals surface area contributed by atoms with E-state index in [9.17, 15) is 19.2 Å². The molecule has 3 amide bonds. The van der Waals surface area contributed by atoms with Gasteiger partial charge in [-0.25, -0.2) is 5.01 Å². The summed E-state index contributed by atoms with van der Waals surface area (Å²) in [6.07, 6.45) is 5.16. The van der Waals surface area contributed by atoms with Crippen LogP contribution in [0.1, 0.15) is 27.1 Å². The van der Waals surface area contributed by atoms with Crippen LogP contribution in [-0.2, 0) is 9.59 Å². The van der Waals surface area contributed by atoms with Crippen LogP contribution < -0.4 is 0 Å². The average Bonchev–Trinajstić information content (AvgIpc) is 3.63. The maximum Gasteiger partial charge on any atom is 0.273 e. The molecule has 6 atom stereocenters. The van der Waals surface area contributed by atoms with Gasteiger partial charge < -0.3 is 0 Å². The van der Waals surface area contributed by atoms with E-state index in [1.807, 2.05) is 0 Å². The lowest BCUT2D eigenvalue weighted by Crippen LogP contribution is -2.52. The van der Waals surface area contributed by atoms with Crippen molar-refractivity contribution in [2.75, 3.05) is 6.54 Å². The highest BCUT2D eigenvalue weighted by Crippen LogP contribution is 2.65. The van der Waals surface area contributed by atoms with Crippen LogP contribution in [0.4, 0.5) is 0 Å². The maximum atomic E-state index is 13.7. The van der Waals surface area contributed by atoms with Gasteiger partial charge in [-0.15, -0.1) is 0 Å². The highest BCUT2D eigenvalue weighted by atomic mass is 79.9. The second-order valence-electron chi connectivity index (χ2n) is 9.56. The fourth-order valence-corrected chi connectivity index (χ4v) is 6.62. The molecule has 0 radical (unpaired) electrons. The van der Waals surface area contributed by atoms with E-state index in [0.29, 0.717) is 17.4 Å². The second-order valence-corrected chi connectivity index (χ2v) is 11.3. The molecule has 3 fully saturated rings. The van der Waals surface area contributed by atoms with Crippen LogP contribution in [0.2, 0.25) is 10.0 Å². The summed E-state index contributed by atoms with van der Waals surface area (Å²) >= 11 is 15.5. The summed E-state index contributed by atoms with van der Waals surface area (Å²) in [4.78, 5) is 54.2. The zero-order chi connectivity index (χ0) is 24.6. The number of hydrogen-bond donors (Lipinski definition) is 0. The zero-order valence-electron chi connectivity index (χ0n) is 18.2. The maximum absolute atomic E-state index is 13.7. The first-order chi connectivity index (χ1) is 16.8. The third kappa shape index (κ3) is 3.59. The molecule has 178 valence electrons. The highest BCUT2D eigenvalue weighted by Gasteiger charge is 2.68. The van der Waals surface area contributed by atoms with Crippen molar-refractivity contribution in [2.45, 2.75) is 6.42 Å². The van der Waals surface area contributed by atoms with Crippen LogP contribution in [0.5, 0.6) is 0 Å². The van der Waals surface area contributed by atoms with E-state index in [2.05, 4.69) is 28.1 Å². The number of nitrogens with zero attached hydrogens (tertiary/aromatic N) is 2. The number of halogens is 3. The number of allylic oxidation sites excluding steroid dienone is 2. The van der Waals surface area contributed by atoms with Gasteiger partial charge >= 0.3 is 0 Å². The summed E-state index contributed by atoms with van der Waals surface area (Å²) in [6.45, 7) is -0.465. The number of imide groups is 1. The topological polar surface area (TPSA) is 74.8 Å². The minimum absolute atomic E-state index is 0.000512. The summed E-state index contributed by atoms with van der Waals surface area (Å²) < 4.78 is 0.799. The fourth-order valence-electron chi connectivity index (χ4n) is 6.05. The van der Waals surface area contributed by atoms with Gasteiger partial charge in [0.2, 0.25) is 0 Å². The van der Waals surface area contributed by atoms with Crippen LogP contribution in [-0.4, -0.2) is 40.1 Å². The van der Waals surface area contributed by atoms with Crippen LogP contribution in [0.3, 0.4) is 0 Å². The van der Waals surface area contributed by atoms with Crippen molar-refractivity contribution in [1.82, 2.24) is 10.0 Å². The van der Waals surface area contributed by atoms with E-state index < -0.39 is 41.9 Å². The minimum atomic E-state index is -0.667. The molecule has 2 aromatic carbocycles. The molecule has 6 nitrogen and oxygen atoms in total. The lowest BCUT2D eigenvalue weighted by Gasteiger charge is -2.37. The standard InChI is InChI=1S/C26H19BrCl2N2O4/c27-14-4-1-12(2-5-14)21(32)11-30(24(33)13-3-8-19(28)20(29)9-13)31-25(34)22-15-6-7-16(18-10-17(15)18)23(22)26(31)35/h1-9,15-18,22-23H,10-11H2/t15-,16-,17-,18-,22+,23+/m1/s1. The van der Waals surface area contributed by atoms with Crippen molar-refractivity contribution >= 4 is 62.6 Å². The molecule has 2 saturated carbocycles. The Morgan fingerprint density at radius 1 is 0.886 bits per heavy atom. The smallest absolute Gasteiger partial charge is 0.273 e. The molecule has 1 aliphatic heterocycles. The fraction of sp³-hybridized carbons (Fsp3) is 0.308. The van der Waals surface area contributed by atoms with Crippen LogP contribution in [0, 0.1) is 35.5 Å². The molecule has 0 unspecified atom stereocenters. The number of ketones is 1. The number of hydrazine groups is 1. The molecular formula is C26H19BrCl2N2O4. The Labute approximate surface area is 219 Å². The lowest BCUT2D eigenvalue weighted by atomic mass is 9.63. The number of rotatable bonds is 5. The second kappa shape index (κ2) is 8.29. The molecule has 0 N–H and O–H groups in total. The van der Waals surface area contributed by atoms with Gasteiger partial charge in [0.25, 0.3) is 17.7 Å². The molecule has 2 aromatic rings. The molecule has 7 rings (SSSR count). The summed E-state index contributed by atoms with van der Waals surface area (Å²) in [6, 6.07) is 11.0. The van der Waals surface area contributed by atoms with Crippen molar-refractivity contribution in [1.29, 1.82) is 0 Å². The van der Waals surface area contributed by atoms with Crippen LogP contribution in [0.25, 0.3) is 0 Å². The number of hydrogen-bond acceptors (Lipinski definition) is 4. The van der Waals surface area contributed by atoms with E-state index in [-0.39, 0.29) is 27.4 Å². The molecule has 0 spiro atoms. The largest absolute Gasteiger partial charge is 0.292 e. The summed E-state index contributed by atoms with van der Waals surface area (Å²) in [5.41, 5.74) is 0.488.